The zero-order valence-corrected chi connectivity index (χ0v) is 12.5. The van der Waals surface area contributed by atoms with Crippen molar-refractivity contribution in [2.24, 2.45) is 0 Å². The van der Waals surface area contributed by atoms with Gasteiger partial charge in [0.25, 0.3) is 0 Å². The molecule has 0 aliphatic carbocycles. The van der Waals surface area contributed by atoms with Gasteiger partial charge in [-0.3, -0.25) is 0 Å². The van der Waals surface area contributed by atoms with Gasteiger partial charge >= 0.3 is 0 Å². The molecule has 2 aliphatic rings. The summed E-state index contributed by atoms with van der Waals surface area (Å²) < 4.78 is 23.3. The van der Waals surface area contributed by atoms with E-state index in [1.54, 1.807) is 14.2 Å². The van der Waals surface area contributed by atoms with Crippen molar-refractivity contribution in [2.75, 3.05) is 25.7 Å². The summed E-state index contributed by atoms with van der Waals surface area (Å²) in [7, 11) is 3.50. The van der Waals surface area contributed by atoms with Gasteiger partial charge < -0.3 is 18.9 Å². The minimum absolute atomic E-state index is 0.0337. The van der Waals surface area contributed by atoms with E-state index < -0.39 is 5.79 Å². The van der Waals surface area contributed by atoms with Crippen LogP contribution >= 0.6 is 11.8 Å². The molecule has 2 rings (SSSR count). The third-order valence-electron chi connectivity index (χ3n) is 3.60. The van der Waals surface area contributed by atoms with Crippen molar-refractivity contribution < 1.29 is 18.9 Å². The van der Waals surface area contributed by atoms with Crippen molar-refractivity contribution >= 4 is 11.8 Å². The van der Waals surface area contributed by atoms with Gasteiger partial charge in [0.2, 0.25) is 0 Å². The highest BCUT2D eigenvalue weighted by Crippen LogP contribution is 2.36. The van der Waals surface area contributed by atoms with Crippen LogP contribution in [0.15, 0.2) is 0 Å². The van der Waals surface area contributed by atoms with E-state index in [9.17, 15) is 0 Å². The Morgan fingerprint density at radius 2 is 1.39 bits per heavy atom. The van der Waals surface area contributed by atoms with Gasteiger partial charge in [0.05, 0.1) is 12.2 Å². The van der Waals surface area contributed by atoms with Crippen LogP contribution in [0.25, 0.3) is 0 Å². The number of fused-ring (bicyclic) bond motifs is 1. The maximum Gasteiger partial charge on any atom is 0.164 e. The standard InChI is InChI=1S/C13H24O4S/c1-13(2)16-11-9(14-3)5-7-18-8-6-10(15-4)12(11)17-13/h9-12H,5-8H2,1-4H3/t9-,10-,11-,12-/m0/s1. The minimum Gasteiger partial charge on any atom is -0.379 e. The molecule has 0 aromatic heterocycles. The highest BCUT2D eigenvalue weighted by molar-refractivity contribution is 7.99. The van der Waals surface area contributed by atoms with Crippen molar-refractivity contribution in [1.29, 1.82) is 0 Å². The fourth-order valence-electron chi connectivity index (χ4n) is 2.73. The van der Waals surface area contributed by atoms with Crippen LogP contribution in [-0.2, 0) is 18.9 Å². The van der Waals surface area contributed by atoms with E-state index in [-0.39, 0.29) is 24.4 Å². The van der Waals surface area contributed by atoms with Gasteiger partial charge in [0.15, 0.2) is 5.79 Å². The van der Waals surface area contributed by atoms with Crippen molar-refractivity contribution in [3.05, 3.63) is 0 Å². The highest BCUT2D eigenvalue weighted by atomic mass is 32.2. The largest absolute Gasteiger partial charge is 0.379 e. The van der Waals surface area contributed by atoms with Crippen LogP contribution in [0.1, 0.15) is 26.7 Å². The molecule has 0 aromatic carbocycles. The van der Waals surface area contributed by atoms with Gasteiger partial charge in [0, 0.05) is 14.2 Å². The van der Waals surface area contributed by atoms with E-state index in [1.165, 1.54) is 0 Å². The van der Waals surface area contributed by atoms with Crippen molar-refractivity contribution in [3.63, 3.8) is 0 Å². The molecule has 0 amide bonds. The second kappa shape index (κ2) is 6.09. The fraction of sp³-hybridized carbons (Fsp3) is 1.00. The Morgan fingerprint density at radius 1 is 0.944 bits per heavy atom. The molecule has 5 heteroatoms. The molecule has 2 aliphatic heterocycles. The Balaban J connectivity index is 2.19. The summed E-state index contributed by atoms with van der Waals surface area (Å²) in [6.45, 7) is 3.92. The Kier molecular flexibility index (Phi) is 4.94. The van der Waals surface area contributed by atoms with Crippen LogP contribution in [0, 0.1) is 0 Å². The Hall–Kier alpha value is 0.190. The van der Waals surface area contributed by atoms with Gasteiger partial charge in [-0.15, -0.1) is 0 Å². The lowest BCUT2D eigenvalue weighted by Crippen LogP contribution is -2.43. The number of ether oxygens (including phenoxy) is 4. The van der Waals surface area contributed by atoms with E-state index in [1.807, 2.05) is 25.6 Å². The summed E-state index contributed by atoms with van der Waals surface area (Å²) in [6, 6.07) is 0. The number of thioether (sulfide) groups is 1. The first-order valence-corrected chi connectivity index (χ1v) is 7.72. The molecule has 0 unspecified atom stereocenters. The van der Waals surface area contributed by atoms with Crippen molar-refractivity contribution in [2.45, 2.75) is 56.9 Å². The first-order chi connectivity index (χ1) is 8.57. The summed E-state index contributed by atoms with van der Waals surface area (Å²) in [6.07, 6.45) is 2.10. The maximum atomic E-state index is 6.04. The molecule has 0 saturated carbocycles. The molecule has 2 saturated heterocycles. The molecule has 2 fully saturated rings. The lowest BCUT2D eigenvalue weighted by Gasteiger charge is -2.28. The van der Waals surface area contributed by atoms with E-state index in [0.29, 0.717) is 0 Å². The third kappa shape index (κ3) is 3.20. The van der Waals surface area contributed by atoms with E-state index in [2.05, 4.69) is 0 Å². The van der Waals surface area contributed by atoms with Crippen LogP contribution in [0.3, 0.4) is 0 Å². The average Bonchev–Trinajstić information content (AvgIpc) is 2.66. The summed E-state index contributed by atoms with van der Waals surface area (Å²) in [5, 5.41) is 0. The lowest BCUT2D eigenvalue weighted by molar-refractivity contribution is -0.163. The number of rotatable bonds is 2. The molecular formula is C13H24O4S. The first-order valence-electron chi connectivity index (χ1n) is 6.56. The third-order valence-corrected chi connectivity index (χ3v) is 4.64. The SMILES string of the molecule is CO[C@H]1CCSCC[C@H](OC)[C@@H]2OC(C)(C)O[C@H]21. The molecule has 2 heterocycles. The van der Waals surface area contributed by atoms with Gasteiger partial charge in [0.1, 0.15) is 12.2 Å². The molecule has 4 atom stereocenters. The predicted molar refractivity (Wildman–Crippen MR) is 72.0 cm³/mol. The maximum absolute atomic E-state index is 6.04. The van der Waals surface area contributed by atoms with E-state index in [4.69, 9.17) is 18.9 Å². The topological polar surface area (TPSA) is 36.9 Å². The average molecular weight is 276 g/mol. The molecule has 0 aromatic rings. The van der Waals surface area contributed by atoms with Gasteiger partial charge in [-0.2, -0.15) is 11.8 Å². The van der Waals surface area contributed by atoms with Crippen LogP contribution < -0.4 is 0 Å². The zero-order chi connectivity index (χ0) is 13.2. The van der Waals surface area contributed by atoms with Gasteiger partial charge in [-0.05, 0) is 38.2 Å². The zero-order valence-electron chi connectivity index (χ0n) is 11.7. The van der Waals surface area contributed by atoms with E-state index >= 15 is 0 Å². The molecule has 4 nitrogen and oxygen atoms in total. The molecule has 106 valence electrons. The molecule has 0 N–H and O–H groups in total. The summed E-state index contributed by atoms with van der Waals surface area (Å²) >= 11 is 1.95. The minimum atomic E-state index is -0.546. The number of methoxy groups -OCH3 is 2. The van der Waals surface area contributed by atoms with E-state index in [0.717, 1.165) is 24.3 Å². The molecule has 0 bridgehead atoms. The molecule has 0 radical (unpaired) electrons. The van der Waals surface area contributed by atoms with Crippen LogP contribution in [0.2, 0.25) is 0 Å². The quantitative estimate of drug-likeness (QED) is 0.771. The second-order valence-corrected chi connectivity index (χ2v) is 6.53. The van der Waals surface area contributed by atoms with Gasteiger partial charge in [-0.1, -0.05) is 0 Å². The number of hydrogen-bond acceptors (Lipinski definition) is 5. The summed E-state index contributed by atoms with van der Waals surface area (Å²) in [5.41, 5.74) is 0. The monoisotopic (exact) mass is 276 g/mol. The lowest BCUT2D eigenvalue weighted by atomic mass is 10.00. The van der Waals surface area contributed by atoms with Crippen LogP contribution in [0.5, 0.6) is 0 Å². The summed E-state index contributed by atoms with van der Waals surface area (Å²) in [5.74, 6) is 1.65. The first kappa shape index (κ1) is 14.6. The van der Waals surface area contributed by atoms with Crippen molar-refractivity contribution in [1.82, 2.24) is 0 Å². The highest BCUT2D eigenvalue weighted by Gasteiger charge is 2.48. The molecule has 18 heavy (non-hydrogen) atoms. The Bertz CT molecular complexity index is 248. The normalized spacial score (nSPS) is 40.7. The second-order valence-electron chi connectivity index (χ2n) is 5.30. The van der Waals surface area contributed by atoms with Gasteiger partial charge in [-0.25, -0.2) is 0 Å². The summed E-state index contributed by atoms with van der Waals surface area (Å²) in [4.78, 5) is 0. The number of hydrogen-bond donors (Lipinski definition) is 0. The predicted octanol–water partition coefficient (Wildman–Crippen LogP) is 2.06. The van der Waals surface area contributed by atoms with Crippen LogP contribution in [0.4, 0.5) is 0 Å². The van der Waals surface area contributed by atoms with Crippen molar-refractivity contribution in [3.8, 4) is 0 Å². The van der Waals surface area contributed by atoms with Crippen LogP contribution in [-0.4, -0.2) is 55.9 Å². The fourth-order valence-corrected chi connectivity index (χ4v) is 3.73. The molecule has 0 spiro atoms. The molecular weight excluding hydrogens is 252 g/mol. The Labute approximate surface area is 114 Å². The smallest absolute Gasteiger partial charge is 0.164 e. The Morgan fingerprint density at radius 3 is 1.78 bits per heavy atom.